The van der Waals surface area contributed by atoms with Crippen molar-refractivity contribution in [1.29, 1.82) is 5.41 Å². The Morgan fingerprint density at radius 3 is 2.68 bits per heavy atom. The topological polar surface area (TPSA) is 79.5 Å². The molecule has 0 saturated heterocycles. The molecule has 6 heteroatoms. The van der Waals surface area contributed by atoms with Crippen LogP contribution in [-0.2, 0) is 13.6 Å². The van der Waals surface area contributed by atoms with Gasteiger partial charge in [-0.15, -0.1) is 0 Å². The van der Waals surface area contributed by atoms with Crippen molar-refractivity contribution >= 4 is 16.8 Å². The van der Waals surface area contributed by atoms with Gasteiger partial charge in [-0.3, -0.25) is 15.3 Å². The summed E-state index contributed by atoms with van der Waals surface area (Å²) < 4.78 is 3.55. The van der Waals surface area contributed by atoms with Crippen molar-refractivity contribution in [3.8, 4) is 11.1 Å². The van der Waals surface area contributed by atoms with Gasteiger partial charge in [-0.25, -0.2) is 0 Å². The summed E-state index contributed by atoms with van der Waals surface area (Å²) >= 11 is 0. The molecular weight excluding hydrogens is 314 g/mol. The third-order valence-electron chi connectivity index (χ3n) is 4.42. The minimum atomic E-state index is -0.0136. The van der Waals surface area contributed by atoms with Crippen LogP contribution >= 0.6 is 0 Å². The van der Waals surface area contributed by atoms with Gasteiger partial charge < -0.3 is 9.13 Å². The summed E-state index contributed by atoms with van der Waals surface area (Å²) in [4.78, 5) is 12.6. The molecule has 6 nitrogen and oxygen atoms in total. The molecule has 0 aliphatic carbocycles. The van der Waals surface area contributed by atoms with Gasteiger partial charge in [0.25, 0.3) is 0 Å². The molecule has 2 N–H and O–H groups in total. The molecule has 0 unspecified atom stereocenters. The SMILES string of the molecule is Cn1c(=N)n(CC(=O)c2ccccc2)c2cccc(-c3cn[nH]c3)c21. The van der Waals surface area contributed by atoms with E-state index in [2.05, 4.69) is 10.2 Å². The van der Waals surface area contributed by atoms with Crippen LogP contribution in [0, 0.1) is 5.41 Å². The standard InChI is InChI=1S/C19H17N5O/c1-23-18-15(14-10-21-22-11-14)8-5-9-16(18)24(19(23)20)12-17(25)13-6-3-2-4-7-13/h2-11,20H,12H2,1H3,(H,21,22). The van der Waals surface area contributed by atoms with Crippen LogP contribution in [0.3, 0.4) is 0 Å². The number of carbonyl (C=O) groups excluding carboxylic acids is 1. The number of H-pyrrole nitrogens is 1. The zero-order chi connectivity index (χ0) is 17.4. The van der Waals surface area contributed by atoms with Crippen LogP contribution in [0.15, 0.2) is 60.9 Å². The van der Waals surface area contributed by atoms with E-state index in [0.29, 0.717) is 5.56 Å². The fourth-order valence-corrected chi connectivity index (χ4v) is 3.15. The summed E-state index contributed by atoms with van der Waals surface area (Å²) in [5.41, 5.74) is 4.64. The number of imidazole rings is 1. The van der Waals surface area contributed by atoms with Gasteiger partial charge in [0.15, 0.2) is 5.78 Å². The predicted octanol–water partition coefficient (Wildman–Crippen LogP) is 2.73. The average Bonchev–Trinajstić information content (AvgIpc) is 3.26. The molecule has 0 amide bonds. The average molecular weight is 331 g/mol. The lowest BCUT2D eigenvalue weighted by Gasteiger charge is -2.05. The lowest BCUT2D eigenvalue weighted by atomic mass is 10.1. The van der Waals surface area contributed by atoms with E-state index < -0.39 is 0 Å². The van der Waals surface area contributed by atoms with Crippen LogP contribution in [0.1, 0.15) is 10.4 Å². The summed E-state index contributed by atoms with van der Waals surface area (Å²) in [6.45, 7) is 0.134. The Morgan fingerprint density at radius 1 is 1.16 bits per heavy atom. The highest BCUT2D eigenvalue weighted by atomic mass is 16.1. The maximum Gasteiger partial charge on any atom is 0.203 e. The van der Waals surface area contributed by atoms with E-state index in [9.17, 15) is 4.79 Å². The first-order valence-corrected chi connectivity index (χ1v) is 7.97. The van der Waals surface area contributed by atoms with Gasteiger partial charge in [-0.05, 0) is 6.07 Å². The number of nitrogens with zero attached hydrogens (tertiary/aromatic N) is 3. The van der Waals surface area contributed by atoms with Crippen molar-refractivity contribution in [2.75, 3.05) is 0 Å². The number of rotatable bonds is 4. The first kappa shape index (κ1) is 15.1. The van der Waals surface area contributed by atoms with Crippen molar-refractivity contribution in [2.45, 2.75) is 6.54 Å². The van der Waals surface area contributed by atoms with Crippen LogP contribution in [-0.4, -0.2) is 25.1 Å². The number of benzene rings is 2. The Labute approximate surface area is 143 Å². The molecule has 25 heavy (non-hydrogen) atoms. The van der Waals surface area contributed by atoms with E-state index in [1.807, 2.05) is 49.6 Å². The minimum absolute atomic E-state index is 0.0136. The van der Waals surface area contributed by atoms with E-state index in [-0.39, 0.29) is 17.9 Å². The highest BCUT2D eigenvalue weighted by Gasteiger charge is 2.16. The van der Waals surface area contributed by atoms with E-state index in [1.54, 1.807) is 27.5 Å². The number of ketones is 1. The number of aromatic amines is 1. The van der Waals surface area contributed by atoms with Crippen molar-refractivity contribution in [2.24, 2.45) is 7.05 Å². The first-order chi connectivity index (χ1) is 12.2. The molecule has 0 spiro atoms. The normalized spacial score (nSPS) is 11.1. The highest BCUT2D eigenvalue weighted by Crippen LogP contribution is 2.27. The zero-order valence-electron chi connectivity index (χ0n) is 13.7. The molecule has 0 radical (unpaired) electrons. The highest BCUT2D eigenvalue weighted by molar-refractivity contribution is 5.98. The molecule has 0 fully saturated rings. The van der Waals surface area contributed by atoms with Crippen molar-refractivity contribution in [1.82, 2.24) is 19.3 Å². The van der Waals surface area contributed by atoms with Gasteiger partial charge in [0, 0.05) is 29.9 Å². The quantitative estimate of drug-likeness (QED) is 0.564. The molecule has 4 rings (SSSR count). The molecule has 2 heterocycles. The van der Waals surface area contributed by atoms with Crippen LogP contribution in [0.2, 0.25) is 0 Å². The summed E-state index contributed by atoms with van der Waals surface area (Å²) in [6, 6.07) is 15.1. The fraction of sp³-hybridized carbons (Fsp3) is 0.105. The van der Waals surface area contributed by atoms with Gasteiger partial charge >= 0.3 is 0 Å². The van der Waals surface area contributed by atoms with Gasteiger partial charge in [0.1, 0.15) is 0 Å². The van der Waals surface area contributed by atoms with Crippen molar-refractivity contribution < 1.29 is 4.79 Å². The Hall–Kier alpha value is -3.41. The van der Waals surface area contributed by atoms with E-state index >= 15 is 0 Å². The van der Waals surface area contributed by atoms with Crippen LogP contribution in [0.5, 0.6) is 0 Å². The number of fused-ring (bicyclic) bond motifs is 1. The second-order valence-corrected chi connectivity index (χ2v) is 5.92. The van der Waals surface area contributed by atoms with E-state index in [1.165, 1.54) is 0 Å². The smallest absolute Gasteiger partial charge is 0.203 e. The molecule has 0 saturated carbocycles. The molecular formula is C19H17N5O. The summed E-state index contributed by atoms with van der Waals surface area (Å²) in [7, 11) is 1.84. The summed E-state index contributed by atoms with van der Waals surface area (Å²) in [6.07, 6.45) is 3.58. The second-order valence-electron chi connectivity index (χ2n) is 5.92. The lowest BCUT2D eigenvalue weighted by Crippen LogP contribution is -2.25. The maximum atomic E-state index is 12.6. The summed E-state index contributed by atoms with van der Waals surface area (Å²) in [5, 5.41) is 15.3. The molecule has 2 aromatic heterocycles. The Morgan fingerprint density at radius 2 is 1.96 bits per heavy atom. The number of hydrogen-bond donors (Lipinski definition) is 2. The molecule has 2 aromatic carbocycles. The number of Topliss-reactive ketones (excluding diaryl/α,β-unsaturated/α-hetero) is 1. The third kappa shape index (κ3) is 2.48. The van der Waals surface area contributed by atoms with Gasteiger partial charge in [0.05, 0.1) is 23.8 Å². The van der Waals surface area contributed by atoms with Gasteiger partial charge in [-0.1, -0.05) is 42.5 Å². The van der Waals surface area contributed by atoms with E-state index in [4.69, 9.17) is 5.41 Å². The minimum Gasteiger partial charge on any atom is -0.313 e. The Bertz CT molecular complexity index is 1100. The van der Waals surface area contributed by atoms with Gasteiger partial charge in [-0.2, -0.15) is 5.10 Å². The number of para-hydroxylation sites is 1. The largest absolute Gasteiger partial charge is 0.313 e. The number of nitrogens with one attached hydrogen (secondary N) is 2. The van der Waals surface area contributed by atoms with Gasteiger partial charge in [0.2, 0.25) is 5.62 Å². The Balaban J connectivity index is 1.86. The first-order valence-electron chi connectivity index (χ1n) is 7.97. The van der Waals surface area contributed by atoms with Crippen LogP contribution in [0.4, 0.5) is 0 Å². The Kier molecular flexibility index (Phi) is 3.57. The number of aromatic nitrogens is 4. The van der Waals surface area contributed by atoms with Crippen LogP contribution in [0.25, 0.3) is 22.2 Å². The second kappa shape index (κ2) is 5.90. The summed E-state index contributed by atoms with van der Waals surface area (Å²) in [5.74, 6) is -0.0136. The fourth-order valence-electron chi connectivity index (χ4n) is 3.15. The molecule has 0 aliphatic rings. The number of hydrogen-bond acceptors (Lipinski definition) is 3. The molecule has 0 atom stereocenters. The number of carbonyl (C=O) groups is 1. The molecule has 124 valence electrons. The predicted molar refractivity (Wildman–Crippen MR) is 95.1 cm³/mol. The number of aryl methyl sites for hydroxylation is 1. The monoisotopic (exact) mass is 331 g/mol. The van der Waals surface area contributed by atoms with E-state index in [0.717, 1.165) is 22.2 Å². The molecule has 4 aromatic rings. The van der Waals surface area contributed by atoms with Crippen molar-refractivity contribution in [3.63, 3.8) is 0 Å². The third-order valence-corrected chi connectivity index (χ3v) is 4.42. The lowest BCUT2D eigenvalue weighted by molar-refractivity contribution is 0.0971. The zero-order valence-corrected chi connectivity index (χ0v) is 13.7. The molecule has 0 aliphatic heterocycles. The van der Waals surface area contributed by atoms with Crippen molar-refractivity contribution in [3.05, 3.63) is 72.1 Å². The molecule has 0 bridgehead atoms. The van der Waals surface area contributed by atoms with Crippen LogP contribution < -0.4 is 5.62 Å². The maximum absolute atomic E-state index is 12.6.